The topological polar surface area (TPSA) is 55.4 Å². The standard InChI is InChI=1S/C38H62B2O6/c1-13-17-19-27(15-3)25-41-33-29-21-24-32(40-45-37(9,10)38(11,12)46-40)34(42-26-28(16-4)20-18-14-2)30(29)22-23-31(33)39-43-35(5,6)36(7,8)44-39/h21-24,27-28H,13-20,25-26H2,1-12H3. The van der Waals surface area contributed by atoms with Crippen molar-refractivity contribution in [1.29, 1.82) is 0 Å². The molecule has 256 valence electrons. The molecule has 2 heterocycles. The maximum atomic E-state index is 6.86. The summed E-state index contributed by atoms with van der Waals surface area (Å²) in [5, 5.41) is 1.99. The van der Waals surface area contributed by atoms with Gasteiger partial charge >= 0.3 is 14.2 Å². The Hall–Kier alpha value is -1.73. The highest BCUT2D eigenvalue weighted by atomic mass is 16.7. The van der Waals surface area contributed by atoms with Crippen molar-refractivity contribution in [1.82, 2.24) is 0 Å². The van der Waals surface area contributed by atoms with Crippen molar-refractivity contribution in [3.63, 3.8) is 0 Å². The highest BCUT2D eigenvalue weighted by molar-refractivity contribution is 6.64. The Morgan fingerprint density at radius 1 is 0.543 bits per heavy atom. The number of hydrogen-bond donors (Lipinski definition) is 0. The Morgan fingerprint density at radius 2 is 0.870 bits per heavy atom. The van der Waals surface area contributed by atoms with Crippen molar-refractivity contribution in [2.75, 3.05) is 13.2 Å². The molecule has 0 saturated carbocycles. The molecule has 2 aliphatic heterocycles. The first kappa shape index (κ1) is 37.1. The van der Waals surface area contributed by atoms with Crippen LogP contribution in [-0.4, -0.2) is 49.9 Å². The van der Waals surface area contributed by atoms with Crippen LogP contribution in [0, 0.1) is 11.8 Å². The average molecular weight is 637 g/mol. The second kappa shape index (κ2) is 14.8. The van der Waals surface area contributed by atoms with Crippen LogP contribution >= 0.6 is 0 Å². The van der Waals surface area contributed by atoms with Crippen molar-refractivity contribution in [2.24, 2.45) is 11.8 Å². The summed E-state index contributed by atoms with van der Waals surface area (Å²) in [5.41, 5.74) is -0.00154. The molecule has 46 heavy (non-hydrogen) atoms. The van der Waals surface area contributed by atoms with Gasteiger partial charge in [-0.15, -0.1) is 0 Å². The summed E-state index contributed by atoms with van der Waals surface area (Å²) < 4.78 is 40.0. The lowest BCUT2D eigenvalue weighted by Crippen LogP contribution is -2.41. The van der Waals surface area contributed by atoms with Gasteiger partial charge in [-0.3, -0.25) is 0 Å². The molecule has 6 nitrogen and oxygen atoms in total. The molecule has 0 aliphatic carbocycles. The number of ether oxygens (including phenoxy) is 2. The van der Waals surface area contributed by atoms with Crippen LogP contribution in [0.4, 0.5) is 0 Å². The predicted octanol–water partition coefficient (Wildman–Crippen LogP) is 8.63. The average Bonchev–Trinajstić information content (AvgIpc) is 3.35. The fourth-order valence-electron chi connectivity index (χ4n) is 6.22. The molecular weight excluding hydrogens is 574 g/mol. The van der Waals surface area contributed by atoms with Crippen LogP contribution < -0.4 is 20.4 Å². The predicted molar refractivity (Wildman–Crippen MR) is 193 cm³/mol. The van der Waals surface area contributed by atoms with Crippen LogP contribution in [0.1, 0.15) is 134 Å². The van der Waals surface area contributed by atoms with E-state index in [9.17, 15) is 0 Å². The van der Waals surface area contributed by atoms with E-state index in [1.165, 1.54) is 25.7 Å². The lowest BCUT2D eigenvalue weighted by molar-refractivity contribution is 0.00578. The van der Waals surface area contributed by atoms with Gasteiger partial charge in [0.05, 0.1) is 35.6 Å². The normalized spacial score (nSPS) is 21.1. The van der Waals surface area contributed by atoms with Gasteiger partial charge in [-0.05, 0) is 80.1 Å². The summed E-state index contributed by atoms with van der Waals surface area (Å²) in [7, 11) is -1.07. The summed E-state index contributed by atoms with van der Waals surface area (Å²) >= 11 is 0. The zero-order chi connectivity index (χ0) is 33.9. The van der Waals surface area contributed by atoms with Gasteiger partial charge in [-0.1, -0.05) is 90.5 Å². The summed E-state index contributed by atoms with van der Waals surface area (Å²) in [6.45, 7) is 27.1. The first-order valence-electron chi connectivity index (χ1n) is 18.2. The molecule has 8 heteroatoms. The van der Waals surface area contributed by atoms with Gasteiger partial charge in [-0.25, -0.2) is 0 Å². The van der Waals surface area contributed by atoms with E-state index in [0.717, 1.165) is 58.9 Å². The lowest BCUT2D eigenvalue weighted by Gasteiger charge is -2.32. The van der Waals surface area contributed by atoms with Crippen LogP contribution in [-0.2, 0) is 18.6 Å². The zero-order valence-electron chi connectivity index (χ0n) is 31.1. The molecule has 2 unspecified atom stereocenters. The van der Waals surface area contributed by atoms with E-state index in [1.54, 1.807) is 0 Å². The minimum Gasteiger partial charge on any atom is -0.493 e. The van der Waals surface area contributed by atoms with Crippen molar-refractivity contribution >= 4 is 35.9 Å². The Balaban J connectivity index is 1.84. The van der Waals surface area contributed by atoms with Crippen LogP contribution in [0.15, 0.2) is 24.3 Å². The molecule has 0 spiro atoms. The van der Waals surface area contributed by atoms with Gasteiger partial charge in [0.15, 0.2) is 0 Å². The van der Waals surface area contributed by atoms with E-state index in [0.29, 0.717) is 25.0 Å². The summed E-state index contributed by atoms with van der Waals surface area (Å²) in [6, 6.07) is 8.52. The van der Waals surface area contributed by atoms with Crippen molar-refractivity contribution in [3.05, 3.63) is 24.3 Å². The second-order valence-corrected chi connectivity index (χ2v) is 15.7. The highest BCUT2D eigenvalue weighted by Crippen LogP contribution is 2.41. The zero-order valence-corrected chi connectivity index (χ0v) is 31.1. The van der Waals surface area contributed by atoms with Crippen molar-refractivity contribution < 1.29 is 28.1 Å². The SMILES string of the molecule is CCCCC(CC)COc1c(B2OC(C)(C)C(C)(C)O2)ccc2c(OCC(CC)CCCC)c(B3OC(C)(C)C(C)(C)O3)ccc12. The van der Waals surface area contributed by atoms with Gasteiger partial charge in [-0.2, -0.15) is 0 Å². The van der Waals surface area contributed by atoms with Crippen LogP contribution in [0.2, 0.25) is 0 Å². The molecule has 2 aromatic carbocycles. The minimum absolute atomic E-state index is 0.459. The Morgan fingerprint density at radius 3 is 1.15 bits per heavy atom. The maximum Gasteiger partial charge on any atom is 0.498 e. The van der Waals surface area contributed by atoms with E-state index >= 15 is 0 Å². The second-order valence-electron chi connectivity index (χ2n) is 15.7. The third-order valence-electron chi connectivity index (χ3n) is 11.2. The van der Waals surface area contributed by atoms with Gasteiger partial charge in [0, 0.05) is 21.7 Å². The van der Waals surface area contributed by atoms with Gasteiger partial charge in [0.1, 0.15) is 11.5 Å². The van der Waals surface area contributed by atoms with E-state index in [2.05, 4.69) is 107 Å². The van der Waals surface area contributed by atoms with Gasteiger partial charge < -0.3 is 28.1 Å². The van der Waals surface area contributed by atoms with Gasteiger partial charge in [0.25, 0.3) is 0 Å². The summed E-state index contributed by atoms with van der Waals surface area (Å²) in [5.74, 6) is 2.58. The van der Waals surface area contributed by atoms with Crippen LogP contribution in [0.25, 0.3) is 10.8 Å². The third kappa shape index (κ3) is 7.77. The molecule has 2 atom stereocenters. The van der Waals surface area contributed by atoms with Crippen molar-refractivity contribution in [3.8, 4) is 11.5 Å². The third-order valence-corrected chi connectivity index (χ3v) is 11.2. The van der Waals surface area contributed by atoms with E-state index in [4.69, 9.17) is 28.1 Å². The first-order chi connectivity index (χ1) is 21.6. The molecule has 4 rings (SSSR count). The summed E-state index contributed by atoms with van der Waals surface area (Å²) in [6.07, 6.45) is 9.23. The van der Waals surface area contributed by atoms with E-state index in [1.807, 2.05) is 0 Å². The molecule has 0 aromatic heterocycles. The lowest BCUT2D eigenvalue weighted by atomic mass is 9.74. The molecule has 0 radical (unpaired) electrons. The Labute approximate surface area is 281 Å². The van der Waals surface area contributed by atoms with Crippen LogP contribution in [0.3, 0.4) is 0 Å². The number of benzene rings is 2. The Kier molecular flexibility index (Phi) is 11.9. The van der Waals surface area contributed by atoms with Gasteiger partial charge in [0.2, 0.25) is 0 Å². The smallest absolute Gasteiger partial charge is 0.493 e. The molecular formula is C38H62B2O6. The fraction of sp³-hybridized carbons (Fsp3) is 0.737. The van der Waals surface area contributed by atoms with Crippen molar-refractivity contribution in [2.45, 2.75) is 157 Å². The van der Waals surface area contributed by atoms with Crippen LogP contribution in [0.5, 0.6) is 11.5 Å². The minimum atomic E-state index is -0.536. The largest absolute Gasteiger partial charge is 0.498 e. The number of unbranched alkanes of at least 4 members (excludes halogenated alkanes) is 2. The molecule has 2 fully saturated rings. The molecule has 0 N–H and O–H groups in total. The fourth-order valence-corrected chi connectivity index (χ4v) is 6.22. The highest BCUT2D eigenvalue weighted by Gasteiger charge is 2.54. The maximum absolute atomic E-state index is 6.86. The quantitative estimate of drug-likeness (QED) is 0.172. The number of hydrogen-bond acceptors (Lipinski definition) is 6. The first-order valence-corrected chi connectivity index (χ1v) is 18.2. The molecule has 2 aromatic rings. The molecule has 0 bridgehead atoms. The van der Waals surface area contributed by atoms with E-state index < -0.39 is 36.6 Å². The molecule has 0 amide bonds. The Bertz CT molecular complexity index is 1170. The monoisotopic (exact) mass is 636 g/mol. The summed E-state index contributed by atoms with van der Waals surface area (Å²) in [4.78, 5) is 0. The van der Waals surface area contributed by atoms with E-state index in [-0.39, 0.29) is 0 Å². The molecule has 2 aliphatic rings. The number of rotatable bonds is 16. The number of fused-ring (bicyclic) bond motifs is 1. The molecule has 2 saturated heterocycles.